The van der Waals surface area contributed by atoms with Crippen LogP contribution in [-0.4, -0.2) is 69.7 Å². The van der Waals surface area contributed by atoms with Crippen molar-refractivity contribution in [1.82, 2.24) is 29.4 Å². The first kappa shape index (κ1) is 43.0. The Morgan fingerprint density at radius 1 is 0.889 bits per heavy atom. The number of rotatable bonds is 12. The van der Waals surface area contributed by atoms with Crippen molar-refractivity contribution in [2.75, 3.05) is 17.5 Å². The van der Waals surface area contributed by atoms with Crippen molar-refractivity contribution in [3.63, 3.8) is 0 Å². The molecule has 4 heterocycles. The van der Waals surface area contributed by atoms with Crippen molar-refractivity contribution in [3.05, 3.63) is 141 Å². The molecule has 18 heteroatoms. The maximum Gasteiger partial charge on any atom is 0.335 e. The van der Waals surface area contributed by atoms with Gasteiger partial charge in [0.1, 0.15) is 29.6 Å². The molecule has 1 atom stereocenters. The minimum Gasteiger partial charge on any atom is -0.461 e. The summed E-state index contributed by atoms with van der Waals surface area (Å²) in [6, 6.07) is 13.6. The molecular formula is C45H43F2N7O8S. The molecule has 1 aliphatic carbocycles. The van der Waals surface area contributed by atoms with Crippen LogP contribution in [0.25, 0.3) is 27.7 Å². The number of benzene rings is 3. The minimum atomic E-state index is -3.55. The number of amides is 1. The highest BCUT2D eigenvalue weighted by molar-refractivity contribution is 7.74. The molecule has 8 rings (SSSR count). The Balaban J connectivity index is 1.02. The Labute approximate surface area is 361 Å². The lowest BCUT2D eigenvalue weighted by Gasteiger charge is -2.25. The van der Waals surface area contributed by atoms with Gasteiger partial charge in [0, 0.05) is 62.8 Å². The normalized spacial score (nSPS) is 15.3. The summed E-state index contributed by atoms with van der Waals surface area (Å²) in [5.41, 5.74) is -0.149. The number of fused-ring (bicyclic) bond motifs is 1. The van der Waals surface area contributed by atoms with Crippen LogP contribution < -0.4 is 20.9 Å². The monoisotopic (exact) mass is 879 g/mol. The highest BCUT2D eigenvalue weighted by Gasteiger charge is 2.30. The van der Waals surface area contributed by atoms with Crippen LogP contribution in [0.5, 0.6) is 0 Å². The molecule has 2 aliphatic rings. The van der Waals surface area contributed by atoms with Gasteiger partial charge in [0.15, 0.2) is 0 Å². The largest absolute Gasteiger partial charge is 0.461 e. The second-order valence-electron chi connectivity index (χ2n) is 15.6. The number of carbonyl (C=O) groups is 2. The number of thiol groups is 1. The summed E-state index contributed by atoms with van der Waals surface area (Å²) in [5, 5.41) is 2.78. The molecule has 0 spiro atoms. The number of aromatic nitrogens is 5. The molecule has 326 valence electrons. The zero-order valence-electron chi connectivity index (χ0n) is 34.1. The Morgan fingerprint density at radius 3 is 2.27 bits per heavy atom. The molecule has 1 amide bonds. The van der Waals surface area contributed by atoms with Crippen LogP contribution in [0.1, 0.15) is 72.6 Å². The van der Waals surface area contributed by atoms with E-state index in [9.17, 15) is 27.6 Å². The van der Waals surface area contributed by atoms with E-state index >= 15 is 8.78 Å². The second kappa shape index (κ2) is 18.8. The van der Waals surface area contributed by atoms with E-state index in [0.29, 0.717) is 70.5 Å². The van der Waals surface area contributed by atoms with Gasteiger partial charge in [-0.3, -0.25) is 19.1 Å². The molecule has 0 radical (unpaired) electrons. The summed E-state index contributed by atoms with van der Waals surface area (Å²) in [5.74, 6) is -3.48. The number of ether oxygens (including phenoxy) is 2. The summed E-state index contributed by atoms with van der Waals surface area (Å²) in [6.45, 7) is 1.30. The smallest absolute Gasteiger partial charge is 0.335 e. The predicted molar refractivity (Wildman–Crippen MR) is 230 cm³/mol. The van der Waals surface area contributed by atoms with Crippen LogP contribution in [0.15, 0.2) is 101 Å². The number of esters is 1. The topological polar surface area (TPSA) is 185 Å². The molecule has 3 aromatic carbocycles. The number of hydrogen-bond donors (Lipinski definition) is 2. The first-order valence-corrected chi connectivity index (χ1v) is 21.7. The van der Waals surface area contributed by atoms with Crippen LogP contribution in [0.3, 0.4) is 0 Å². The second-order valence-corrected chi connectivity index (χ2v) is 16.4. The standard InChI is InChI=1S/C45H43F2N7O8S/c1-52-40-26-48-18-15-34(40)43(56)53(45(52)58)31-11-7-27(8-12-31)21-38(44(57)62-33-5-3-2-4-6-33)51-42(55)35-22-37(47)39(23-36(35)46)54(63(59)60)32-13-9-28(10-14-32)30-24-49-41(50-25-30)29-16-19-61-20-17-29/h7-15,18,22-26,29,33,38,63H,2-6,16-17,19-21H2,1H3,(H,51,55)/t38-/m0/s1. The number of carbonyl (C=O) groups excluding carboxylic acids is 2. The van der Waals surface area contributed by atoms with Gasteiger partial charge in [-0.2, -0.15) is 0 Å². The van der Waals surface area contributed by atoms with E-state index in [0.717, 1.165) is 36.7 Å². The minimum absolute atomic E-state index is 0.00445. The van der Waals surface area contributed by atoms with Gasteiger partial charge in [-0.25, -0.2) is 45.6 Å². The van der Waals surface area contributed by atoms with Crippen LogP contribution in [0.2, 0.25) is 0 Å². The molecule has 0 bridgehead atoms. The van der Waals surface area contributed by atoms with Gasteiger partial charge in [0.05, 0.1) is 39.7 Å². The fourth-order valence-corrected chi connectivity index (χ4v) is 8.69. The van der Waals surface area contributed by atoms with Gasteiger partial charge < -0.3 is 14.8 Å². The van der Waals surface area contributed by atoms with E-state index in [4.69, 9.17) is 9.47 Å². The van der Waals surface area contributed by atoms with Crippen molar-refractivity contribution in [3.8, 4) is 16.8 Å². The lowest BCUT2D eigenvalue weighted by molar-refractivity contribution is -0.152. The van der Waals surface area contributed by atoms with E-state index < -0.39 is 69.0 Å². The van der Waals surface area contributed by atoms with Crippen LogP contribution in [-0.2, 0) is 38.6 Å². The quantitative estimate of drug-likeness (QED) is 0.115. The van der Waals surface area contributed by atoms with E-state index in [1.54, 1.807) is 36.7 Å². The van der Waals surface area contributed by atoms with Crippen molar-refractivity contribution >= 4 is 45.0 Å². The third kappa shape index (κ3) is 9.27. The molecule has 3 aromatic heterocycles. The first-order valence-electron chi connectivity index (χ1n) is 20.6. The van der Waals surface area contributed by atoms with Gasteiger partial charge in [-0.1, -0.05) is 30.7 Å². The molecule has 1 N–H and O–H groups in total. The third-order valence-corrected chi connectivity index (χ3v) is 12.3. The molecule has 1 saturated heterocycles. The summed E-state index contributed by atoms with van der Waals surface area (Å²) >= 11 is 0. The number of halogens is 2. The fraction of sp³-hybridized carbons (Fsp3) is 0.311. The molecular weight excluding hydrogens is 837 g/mol. The van der Waals surface area contributed by atoms with Crippen LogP contribution in [0.4, 0.5) is 20.2 Å². The third-order valence-electron chi connectivity index (χ3n) is 11.5. The average Bonchev–Trinajstić information content (AvgIpc) is 3.30. The predicted octanol–water partition coefficient (Wildman–Crippen LogP) is 5.60. The molecule has 15 nitrogen and oxygen atoms in total. The maximum atomic E-state index is 15.9. The highest BCUT2D eigenvalue weighted by Crippen LogP contribution is 2.33. The Morgan fingerprint density at radius 2 is 1.59 bits per heavy atom. The number of anilines is 2. The summed E-state index contributed by atoms with van der Waals surface area (Å²) in [7, 11) is -2.02. The van der Waals surface area contributed by atoms with E-state index in [2.05, 4.69) is 20.3 Å². The first-order chi connectivity index (χ1) is 30.5. The molecule has 2 fully saturated rings. The molecule has 0 unspecified atom stereocenters. The zero-order valence-corrected chi connectivity index (χ0v) is 35.0. The SMILES string of the molecule is Cn1c(=O)n(-c2ccc(C[C@H](NC(=O)c3cc(F)c(N(c4ccc(-c5cnc(C6CCOCC6)nc5)cc4)[SH](=O)=O)cc3F)C(=O)OC3CCCCC3)cc2)c(=O)c2ccncc21. The van der Waals surface area contributed by atoms with Crippen molar-refractivity contribution in [1.29, 1.82) is 0 Å². The molecule has 6 aromatic rings. The average molecular weight is 880 g/mol. The fourth-order valence-electron chi connectivity index (χ4n) is 8.04. The summed E-state index contributed by atoms with van der Waals surface area (Å²) in [4.78, 5) is 66.9. The molecule has 1 aliphatic heterocycles. The number of pyridine rings is 1. The van der Waals surface area contributed by atoms with E-state index in [-0.39, 0.29) is 29.1 Å². The Hall–Kier alpha value is -6.66. The summed E-state index contributed by atoms with van der Waals surface area (Å²) in [6.07, 6.45) is 11.3. The lowest BCUT2D eigenvalue weighted by atomic mass is 9.97. The van der Waals surface area contributed by atoms with E-state index in [1.807, 2.05) is 0 Å². The zero-order chi connectivity index (χ0) is 44.2. The summed E-state index contributed by atoms with van der Waals surface area (Å²) < 4.78 is 71.0. The number of nitrogens with zero attached hydrogens (tertiary/aromatic N) is 6. The van der Waals surface area contributed by atoms with Crippen LogP contribution in [0, 0.1) is 11.6 Å². The number of aryl methyl sites for hydroxylation is 1. The van der Waals surface area contributed by atoms with Gasteiger partial charge in [0.25, 0.3) is 11.5 Å². The number of nitrogens with one attached hydrogen (secondary N) is 1. The highest BCUT2D eigenvalue weighted by atomic mass is 32.2. The van der Waals surface area contributed by atoms with Crippen molar-refractivity contribution in [2.24, 2.45) is 7.05 Å². The van der Waals surface area contributed by atoms with Gasteiger partial charge in [-0.15, -0.1) is 0 Å². The Bertz CT molecular complexity index is 2850. The Kier molecular flexibility index (Phi) is 12.8. The van der Waals surface area contributed by atoms with Crippen molar-refractivity contribution in [2.45, 2.75) is 69.4 Å². The van der Waals surface area contributed by atoms with E-state index in [1.165, 1.54) is 54.3 Å². The number of hydrogen-bond acceptors (Lipinski definition) is 11. The molecule has 1 saturated carbocycles. The van der Waals surface area contributed by atoms with Crippen molar-refractivity contribution < 1.29 is 36.3 Å². The molecule has 63 heavy (non-hydrogen) atoms. The maximum absolute atomic E-state index is 15.9. The lowest BCUT2D eigenvalue weighted by Crippen LogP contribution is -2.45. The van der Waals surface area contributed by atoms with Gasteiger partial charge in [0.2, 0.25) is 10.9 Å². The van der Waals surface area contributed by atoms with Crippen LogP contribution >= 0.6 is 0 Å². The van der Waals surface area contributed by atoms with Gasteiger partial charge in [-0.05, 0) is 86.1 Å². The van der Waals surface area contributed by atoms with Gasteiger partial charge >= 0.3 is 11.7 Å².